The molecule has 0 aliphatic rings. The Labute approximate surface area is 106 Å². The second-order valence-corrected chi connectivity index (χ2v) is 3.77. The molecule has 0 aromatic heterocycles. The molecular weight excluding hydrogens is 236 g/mol. The van der Waals surface area contributed by atoms with Crippen LogP contribution in [0.5, 0.6) is 11.5 Å². The highest BCUT2D eigenvalue weighted by atomic mass is 16.5. The van der Waals surface area contributed by atoms with Crippen molar-refractivity contribution >= 4 is 5.97 Å². The van der Waals surface area contributed by atoms with E-state index in [1.54, 1.807) is 27.4 Å². The third kappa shape index (κ3) is 3.37. The average Bonchev–Trinajstić information content (AvgIpc) is 2.36. The number of hydrogen-bond acceptors (Lipinski definition) is 4. The maximum absolute atomic E-state index is 10.7. The van der Waals surface area contributed by atoms with Crippen LogP contribution in [0.15, 0.2) is 12.1 Å². The van der Waals surface area contributed by atoms with Gasteiger partial charge in [0.15, 0.2) is 0 Å². The van der Waals surface area contributed by atoms with Crippen molar-refractivity contribution in [2.24, 2.45) is 0 Å². The van der Waals surface area contributed by atoms with E-state index in [-0.39, 0.29) is 6.42 Å². The second-order valence-electron chi connectivity index (χ2n) is 3.77. The molecule has 1 aromatic rings. The van der Waals surface area contributed by atoms with Crippen LogP contribution in [0, 0.1) is 0 Å². The van der Waals surface area contributed by atoms with Crippen LogP contribution in [0.25, 0.3) is 0 Å². The van der Waals surface area contributed by atoms with E-state index in [0.717, 1.165) is 11.1 Å². The highest BCUT2D eigenvalue weighted by molar-refractivity contribution is 5.67. The summed E-state index contributed by atoms with van der Waals surface area (Å²) >= 11 is 0. The predicted octanol–water partition coefficient (Wildman–Crippen LogP) is 1.87. The van der Waals surface area contributed by atoms with Crippen molar-refractivity contribution in [1.82, 2.24) is 0 Å². The standard InChI is InChI=1S/C13H18O5/c1-16-8-9-4-6-11(17-2)10(13(9)18-3)5-7-12(14)15/h4,6H,5,7-8H2,1-3H3,(H,14,15). The SMILES string of the molecule is COCc1ccc(OC)c(CCC(=O)O)c1OC. The summed E-state index contributed by atoms with van der Waals surface area (Å²) in [5, 5.41) is 8.77. The zero-order valence-corrected chi connectivity index (χ0v) is 10.9. The van der Waals surface area contributed by atoms with Crippen LogP contribution in [0.3, 0.4) is 0 Å². The Morgan fingerprint density at radius 2 is 1.94 bits per heavy atom. The number of aliphatic carboxylic acids is 1. The molecule has 1 aromatic carbocycles. The first kappa shape index (κ1) is 14.3. The maximum Gasteiger partial charge on any atom is 0.303 e. The van der Waals surface area contributed by atoms with Gasteiger partial charge < -0.3 is 19.3 Å². The number of benzene rings is 1. The Morgan fingerprint density at radius 1 is 1.22 bits per heavy atom. The Bertz CT molecular complexity index is 414. The van der Waals surface area contributed by atoms with Gasteiger partial charge in [0.2, 0.25) is 0 Å². The summed E-state index contributed by atoms with van der Waals surface area (Å²) in [6, 6.07) is 3.65. The van der Waals surface area contributed by atoms with Crippen molar-refractivity contribution in [3.8, 4) is 11.5 Å². The van der Waals surface area contributed by atoms with E-state index in [2.05, 4.69) is 0 Å². The van der Waals surface area contributed by atoms with Gasteiger partial charge in [-0.25, -0.2) is 0 Å². The fourth-order valence-corrected chi connectivity index (χ4v) is 1.84. The van der Waals surface area contributed by atoms with Crippen molar-refractivity contribution in [3.63, 3.8) is 0 Å². The zero-order valence-electron chi connectivity index (χ0n) is 10.9. The van der Waals surface area contributed by atoms with E-state index >= 15 is 0 Å². The molecule has 0 aliphatic carbocycles. The van der Waals surface area contributed by atoms with Crippen LogP contribution in [-0.2, 0) is 22.6 Å². The zero-order chi connectivity index (χ0) is 13.5. The molecule has 0 saturated carbocycles. The normalized spacial score (nSPS) is 10.2. The van der Waals surface area contributed by atoms with Crippen LogP contribution in [-0.4, -0.2) is 32.4 Å². The van der Waals surface area contributed by atoms with Gasteiger partial charge in [0.05, 0.1) is 20.8 Å². The van der Waals surface area contributed by atoms with Crippen LogP contribution >= 0.6 is 0 Å². The van der Waals surface area contributed by atoms with E-state index < -0.39 is 5.97 Å². The molecule has 0 heterocycles. The third-order valence-electron chi connectivity index (χ3n) is 2.61. The number of rotatable bonds is 7. The van der Waals surface area contributed by atoms with Gasteiger partial charge >= 0.3 is 5.97 Å². The Balaban J connectivity index is 3.14. The van der Waals surface area contributed by atoms with Crippen molar-refractivity contribution in [2.45, 2.75) is 19.4 Å². The van der Waals surface area contributed by atoms with Crippen molar-refractivity contribution in [3.05, 3.63) is 23.3 Å². The molecule has 0 bridgehead atoms. The van der Waals surface area contributed by atoms with Gasteiger partial charge in [-0.15, -0.1) is 0 Å². The average molecular weight is 254 g/mol. The highest BCUT2D eigenvalue weighted by Crippen LogP contribution is 2.33. The highest BCUT2D eigenvalue weighted by Gasteiger charge is 2.15. The molecule has 5 nitrogen and oxygen atoms in total. The first-order chi connectivity index (χ1) is 8.63. The number of hydrogen-bond donors (Lipinski definition) is 1. The van der Waals surface area contributed by atoms with Crippen LogP contribution in [0.4, 0.5) is 0 Å². The van der Waals surface area contributed by atoms with E-state index in [1.165, 1.54) is 0 Å². The van der Waals surface area contributed by atoms with Gasteiger partial charge in [-0.05, 0) is 18.6 Å². The van der Waals surface area contributed by atoms with Gasteiger partial charge in [0.25, 0.3) is 0 Å². The first-order valence-corrected chi connectivity index (χ1v) is 5.57. The molecule has 1 N–H and O–H groups in total. The van der Waals surface area contributed by atoms with Crippen molar-refractivity contribution in [2.75, 3.05) is 21.3 Å². The molecule has 0 spiro atoms. The molecule has 0 saturated heterocycles. The monoisotopic (exact) mass is 254 g/mol. The molecule has 5 heteroatoms. The summed E-state index contributed by atoms with van der Waals surface area (Å²) in [7, 11) is 4.70. The molecule has 0 fully saturated rings. The number of ether oxygens (including phenoxy) is 3. The largest absolute Gasteiger partial charge is 0.496 e. The molecule has 0 unspecified atom stereocenters. The fraction of sp³-hybridized carbons (Fsp3) is 0.462. The van der Waals surface area contributed by atoms with Crippen LogP contribution in [0.1, 0.15) is 17.5 Å². The Kier molecular flexibility index (Phi) is 5.45. The molecule has 18 heavy (non-hydrogen) atoms. The molecular formula is C13H18O5. The Hall–Kier alpha value is -1.75. The Morgan fingerprint density at radius 3 is 2.44 bits per heavy atom. The summed E-state index contributed by atoms with van der Waals surface area (Å²) in [6.45, 7) is 0.410. The van der Waals surface area contributed by atoms with Crippen LogP contribution in [0.2, 0.25) is 0 Å². The minimum absolute atomic E-state index is 0.0309. The number of methoxy groups -OCH3 is 3. The first-order valence-electron chi connectivity index (χ1n) is 5.57. The smallest absolute Gasteiger partial charge is 0.303 e. The van der Waals surface area contributed by atoms with E-state index in [0.29, 0.717) is 24.5 Å². The number of carbonyl (C=O) groups is 1. The summed E-state index contributed by atoms with van der Waals surface area (Å²) in [5.41, 5.74) is 1.64. The summed E-state index contributed by atoms with van der Waals surface area (Å²) in [4.78, 5) is 10.7. The topological polar surface area (TPSA) is 65.0 Å². The number of carboxylic acid groups (broad SMARTS) is 1. The molecule has 0 amide bonds. The van der Waals surface area contributed by atoms with E-state index in [4.69, 9.17) is 19.3 Å². The van der Waals surface area contributed by atoms with Gasteiger partial charge in [-0.3, -0.25) is 4.79 Å². The molecule has 1 rings (SSSR count). The van der Waals surface area contributed by atoms with E-state index in [1.807, 2.05) is 6.07 Å². The lowest BCUT2D eigenvalue weighted by Gasteiger charge is -2.16. The molecule has 0 radical (unpaired) electrons. The van der Waals surface area contributed by atoms with Gasteiger partial charge in [-0.2, -0.15) is 0 Å². The molecule has 100 valence electrons. The minimum Gasteiger partial charge on any atom is -0.496 e. The lowest BCUT2D eigenvalue weighted by Crippen LogP contribution is -2.04. The summed E-state index contributed by atoms with van der Waals surface area (Å²) in [6.07, 6.45) is 0.391. The second kappa shape index (κ2) is 6.86. The molecule has 0 aliphatic heterocycles. The van der Waals surface area contributed by atoms with Gasteiger partial charge in [0, 0.05) is 24.7 Å². The minimum atomic E-state index is -0.851. The van der Waals surface area contributed by atoms with Gasteiger partial charge in [-0.1, -0.05) is 0 Å². The fourth-order valence-electron chi connectivity index (χ4n) is 1.84. The third-order valence-corrected chi connectivity index (χ3v) is 2.61. The quantitative estimate of drug-likeness (QED) is 0.804. The maximum atomic E-state index is 10.7. The summed E-state index contributed by atoms with van der Waals surface area (Å²) in [5.74, 6) is 0.418. The van der Waals surface area contributed by atoms with Crippen molar-refractivity contribution < 1.29 is 24.1 Å². The summed E-state index contributed by atoms with van der Waals surface area (Å²) < 4.78 is 15.7. The van der Waals surface area contributed by atoms with Crippen molar-refractivity contribution in [1.29, 1.82) is 0 Å². The van der Waals surface area contributed by atoms with Gasteiger partial charge in [0.1, 0.15) is 11.5 Å². The number of carboxylic acids is 1. The molecule has 0 atom stereocenters. The lowest BCUT2D eigenvalue weighted by atomic mass is 10.0. The predicted molar refractivity (Wildman–Crippen MR) is 66.2 cm³/mol. The van der Waals surface area contributed by atoms with E-state index in [9.17, 15) is 4.79 Å². The van der Waals surface area contributed by atoms with Crippen LogP contribution < -0.4 is 9.47 Å². The lowest BCUT2D eigenvalue weighted by molar-refractivity contribution is -0.136.